The van der Waals surface area contributed by atoms with Gasteiger partial charge in [0.15, 0.2) is 34.5 Å². The van der Waals surface area contributed by atoms with Crippen LogP contribution in [-0.2, 0) is 12.8 Å². The van der Waals surface area contributed by atoms with E-state index < -0.39 is 6.10 Å². The molecule has 0 aromatic heterocycles. The van der Waals surface area contributed by atoms with E-state index in [4.69, 9.17) is 33.2 Å². The molecule has 2 atom stereocenters. The number of hydrogen-bond acceptors (Lipinski definition) is 10. The van der Waals surface area contributed by atoms with Crippen molar-refractivity contribution in [3.05, 3.63) is 65.7 Å². The largest absolute Gasteiger partial charge is 0.493 e. The summed E-state index contributed by atoms with van der Waals surface area (Å²) in [6, 6.07) is 17.2. The second-order valence-corrected chi connectivity index (χ2v) is 9.88. The van der Waals surface area contributed by atoms with Crippen molar-refractivity contribution in [2.24, 2.45) is 0 Å². The Labute approximate surface area is 247 Å². The summed E-state index contributed by atoms with van der Waals surface area (Å²) in [5.41, 5.74) is 2.12. The van der Waals surface area contributed by atoms with E-state index in [1.165, 1.54) is 0 Å². The third-order valence-corrected chi connectivity index (χ3v) is 6.90. The summed E-state index contributed by atoms with van der Waals surface area (Å²) in [6.45, 7) is 3.32. The molecule has 1 aliphatic rings. The molecule has 4 rings (SSSR count). The number of ether oxygens (including phenoxy) is 7. The monoisotopic (exact) mass is 582 g/mol. The van der Waals surface area contributed by atoms with Crippen LogP contribution in [-0.4, -0.2) is 85.1 Å². The van der Waals surface area contributed by atoms with Crippen molar-refractivity contribution in [1.29, 1.82) is 0 Å². The molecule has 1 heterocycles. The van der Waals surface area contributed by atoms with E-state index in [0.717, 1.165) is 24.1 Å². The maximum Gasteiger partial charge on any atom is 0.203 e. The van der Waals surface area contributed by atoms with Crippen molar-refractivity contribution in [2.45, 2.75) is 25.0 Å². The molecule has 0 saturated heterocycles. The lowest BCUT2D eigenvalue weighted by Crippen LogP contribution is -2.39. The summed E-state index contributed by atoms with van der Waals surface area (Å²) < 4.78 is 39.4. The number of aliphatic hydroxyl groups excluding tert-OH is 1. The molecule has 1 aliphatic heterocycles. The lowest BCUT2D eigenvalue weighted by molar-refractivity contribution is 0.0893. The minimum atomic E-state index is -0.530. The Morgan fingerprint density at radius 2 is 1.55 bits per heavy atom. The zero-order valence-corrected chi connectivity index (χ0v) is 24.8. The van der Waals surface area contributed by atoms with Crippen LogP contribution in [0.4, 0.5) is 0 Å². The van der Waals surface area contributed by atoms with Crippen molar-refractivity contribution in [2.75, 3.05) is 67.8 Å². The van der Waals surface area contributed by atoms with Crippen LogP contribution in [0.5, 0.6) is 40.2 Å². The molecule has 0 bridgehead atoms. The zero-order chi connectivity index (χ0) is 29.7. The number of rotatable bonds is 17. The lowest BCUT2D eigenvalue weighted by atomic mass is 10.1. The van der Waals surface area contributed by atoms with Crippen LogP contribution in [0.3, 0.4) is 0 Å². The molecule has 3 aromatic carbocycles. The van der Waals surface area contributed by atoms with Crippen LogP contribution < -0.4 is 43.8 Å². The van der Waals surface area contributed by atoms with Crippen LogP contribution in [0.1, 0.15) is 11.1 Å². The summed E-state index contributed by atoms with van der Waals surface area (Å²) in [6.07, 6.45) is 0.647. The Balaban J connectivity index is 1.17. The van der Waals surface area contributed by atoms with Gasteiger partial charge in [-0.05, 0) is 66.9 Å². The van der Waals surface area contributed by atoms with Gasteiger partial charge >= 0.3 is 0 Å². The fourth-order valence-electron chi connectivity index (χ4n) is 4.72. The van der Waals surface area contributed by atoms with Gasteiger partial charge in [-0.25, -0.2) is 0 Å². The first-order chi connectivity index (χ1) is 20.5. The molecule has 0 radical (unpaired) electrons. The second kappa shape index (κ2) is 16.0. The Morgan fingerprint density at radius 3 is 2.29 bits per heavy atom. The minimum Gasteiger partial charge on any atom is -0.493 e. The molecule has 10 heteroatoms. The number of aliphatic hydroxyl groups is 1. The van der Waals surface area contributed by atoms with Gasteiger partial charge in [0.05, 0.1) is 34.5 Å². The number of hydrogen-bond donors (Lipinski definition) is 3. The second-order valence-electron chi connectivity index (χ2n) is 9.88. The van der Waals surface area contributed by atoms with Gasteiger partial charge in [-0.3, -0.25) is 0 Å². The highest BCUT2D eigenvalue weighted by molar-refractivity contribution is 5.51. The van der Waals surface area contributed by atoms with Crippen LogP contribution in [0, 0.1) is 0 Å². The van der Waals surface area contributed by atoms with E-state index in [0.29, 0.717) is 79.5 Å². The van der Waals surface area contributed by atoms with Crippen molar-refractivity contribution in [1.82, 2.24) is 10.6 Å². The van der Waals surface area contributed by atoms with Gasteiger partial charge in [0.1, 0.15) is 19.3 Å². The number of benzene rings is 3. The molecule has 228 valence electrons. The topological polar surface area (TPSA) is 109 Å². The van der Waals surface area contributed by atoms with Crippen molar-refractivity contribution >= 4 is 0 Å². The van der Waals surface area contributed by atoms with Crippen LogP contribution in [0.2, 0.25) is 0 Å². The predicted octanol–water partition coefficient (Wildman–Crippen LogP) is 3.27. The third kappa shape index (κ3) is 8.58. The number of para-hydroxylation sites is 1. The van der Waals surface area contributed by atoms with E-state index in [-0.39, 0.29) is 6.10 Å². The third-order valence-electron chi connectivity index (χ3n) is 6.90. The number of methoxy groups -OCH3 is 4. The van der Waals surface area contributed by atoms with Crippen molar-refractivity contribution in [3.8, 4) is 40.2 Å². The normalized spacial score (nSPS) is 14.6. The minimum absolute atomic E-state index is 0.142. The SMILES string of the molecule is COc1ccc(CCNCC(O)Cc2ccc3c(c2)OC(CNCCOc2c(OC)cccc2OC)CO3)cc1OC. The Morgan fingerprint density at radius 1 is 0.810 bits per heavy atom. The van der Waals surface area contributed by atoms with Gasteiger partial charge in [-0.1, -0.05) is 18.2 Å². The quantitative estimate of drug-likeness (QED) is 0.205. The number of fused-ring (bicyclic) bond motifs is 1. The smallest absolute Gasteiger partial charge is 0.203 e. The molecule has 2 unspecified atom stereocenters. The Bertz CT molecular complexity index is 1250. The first-order valence-electron chi connectivity index (χ1n) is 14.1. The molecular weight excluding hydrogens is 540 g/mol. The van der Waals surface area contributed by atoms with E-state index >= 15 is 0 Å². The summed E-state index contributed by atoms with van der Waals surface area (Å²) >= 11 is 0. The molecule has 0 aliphatic carbocycles. The van der Waals surface area contributed by atoms with Crippen molar-refractivity contribution in [3.63, 3.8) is 0 Å². The Kier molecular flexibility index (Phi) is 11.8. The summed E-state index contributed by atoms with van der Waals surface area (Å²) in [5.74, 6) is 4.66. The molecule has 10 nitrogen and oxygen atoms in total. The first kappa shape index (κ1) is 31.1. The van der Waals surface area contributed by atoms with Gasteiger partial charge in [0.2, 0.25) is 5.75 Å². The van der Waals surface area contributed by atoms with Gasteiger partial charge in [0.25, 0.3) is 0 Å². The standard InChI is InChI=1S/C32H42N2O8/c1-36-26-10-8-22(17-30(26)39-4)12-13-33-19-24(35)16-23-9-11-27-31(18-23)42-25(21-41-27)20-34-14-15-40-32-28(37-2)6-5-7-29(32)38-3/h5-11,17-18,24-25,33-35H,12-16,19-21H2,1-4H3. The molecule has 0 fully saturated rings. The molecular formula is C32H42N2O8. The summed E-state index contributed by atoms with van der Waals surface area (Å²) in [5, 5.41) is 17.3. The molecule has 3 N–H and O–H groups in total. The van der Waals surface area contributed by atoms with Crippen LogP contribution in [0.25, 0.3) is 0 Å². The average Bonchev–Trinajstić information content (AvgIpc) is 3.02. The van der Waals surface area contributed by atoms with E-state index in [1.807, 2.05) is 54.6 Å². The Hall–Kier alpha value is -3.86. The predicted molar refractivity (Wildman–Crippen MR) is 160 cm³/mol. The summed E-state index contributed by atoms with van der Waals surface area (Å²) in [4.78, 5) is 0. The van der Waals surface area contributed by atoms with Gasteiger partial charge in [-0.2, -0.15) is 0 Å². The van der Waals surface area contributed by atoms with Crippen LogP contribution >= 0.6 is 0 Å². The van der Waals surface area contributed by atoms with Gasteiger partial charge < -0.3 is 48.9 Å². The zero-order valence-electron chi connectivity index (χ0n) is 24.8. The van der Waals surface area contributed by atoms with Gasteiger partial charge in [0, 0.05) is 19.6 Å². The van der Waals surface area contributed by atoms with Gasteiger partial charge in [-0.15, -0.1) is 0 Å². The lowest BCUT2D eigenvalue weighted by Gasteiger charge is -2.27. The molecule has 42 heavy (non-hydrogen) atoms. The van der Waals surface area contributed by atoms with Crippen LogP contribution in [0.15, 0.2) is 54.6 Å². The number of nitrogens with one attached hydrogen (secondary N) is 2. The van der Waals surface area contributed by atoms with E-state index in [2.05, 4.69) is 10.6 Å². The van der Waals surface area contributed by atoms with E-state index in [9.17, 15) is 5.11 Å². The highest BCUT2D eigenvalue weighted by atomic mass is 16.6. The highest BCUT2D eigenvalue weighted by Gasteiger charge is 2.21. The maximum absolute atomic E-state index is 10.6. The molecule has 0 spiro atoms. The fourth-order valence-corrected chi connectivity index (χ4v) is 4.72. The van der Waals surface area contributed by atoms with E-state index in [1.54, 1.807) is 28.4 Å². The maximum atomic E-state index is 10.6. The molecule has 3 aromatic rings. The highest BCUT2D eigenvalue weighted by Crippen LogP contribution is 2.36. The summed E-state index contributed by atoms with van der Waals surface area (Å²) in [7, 11) is 6.46. The average molecular weight is 583 g/mol. The first-order valence-corrected chi connectivity index (χ1v) is 14.1. The molecule has 0 amide bonds. The fraction of sp³-hybridized carbons (Fsp3) is 0.438. The molecule has 0 saturated carbocycles. The van der Waals surface area contributed by atoms with Crippen molar-refractivity contribution < 1.29 is 38.3 Å².